The van der Waals surface area contributed by atoms with Crippen LogP contribution in [0.1, 0.15) is 18.9 Å². The van der Waals surface area contributed by atoms with Crippen molar-refractivity contribution in [2.45, 2.75) is 29.6 Å². The van der Waals surface area contributed by atoms with Gasteiger partial charge < -0.3 is 9.44 Å². The van der Waals surface area contributed by atoms with Crippen molar-refractivity contribution in [2.24, 2.45) is 0 Å². The maximum atomic E-state index is 13.0. The first kappa shape index (κ1) is 18.7. The predicted molar refractivity (Wildman–Crippen MR) is 112 cm³/mol. The van der Waals surface area contributed by atoms with Crippen molar-refractivity contribution in [1.29, 1.82) is 0 Å². The second kappa shape index (κ2) is 9.55. The summed E-state index contributed by atoms with van der Waals surface area (Å²) in [6.45, 7) is 2.19. The van der Waals surface area contributed by atoms with E-state index >= 15 is 0 Å². The Balaban J connectivity index is 1.60. The highest BCUT2D eigenvalue weighted by atomic mass is 32.2. The van der Waals surface area contributed by atoms with E-state index < -0.39 is 0 Å². The van der Waals surface area contributed by atoms with Gasteiger partial charge in [-0.25, -0.2) is 4.39 Å². The highest BCUT2D eigenvalue weighted by Crippen LogP contribution is 2.31. The topological polar surface area (TPSA) is 24.1 Å². The molecule has 0 spiro atoms. The Bertz CT molecular complexity index is 820. The van der Waals surface area contributed by atoms with E-state index in [0.717, 1.165) is 29.1 Å². The third-order valence-corrected chi connectivity index (χ3v) is 5.42. The number of halogens is 1. The summed E-state index contributed by atoms with van der Waals surface area (Å²) in [7, 11) is 0. The van der Waals surface area contributed by atoms with Gasteiger partial charge in [0, 0.05) is 9.79 Å². The summed E-state index contributed by atoms with van der Waals surface area (Å²) in [6, 6.07) is 23.1. The fourth-order valence-corrected chi connectivity index (χ4v) is 3.76. The third-order valence-electron chi connectivity index (χ3n) is 3.76. The summed E-state index contributed by atoms with van der Waals surface area (Å²) in [5.41, 5.74) is 3.36. The van der Waals surface area contributed by atoms with Crippen LogP contribution in [0.4, 0.5) is 15.8 Å². The maximum absolute atomic E-state index is 13.0. The van der Waals surface area contributed by atoms with Gasteiger partial charge in [-0.2, -0.15) is 0 Å². The summed E-state index contributed by atoms with van der Waals surface area (Å²) < 4.78 is 19.7. The zero-order valence-electron chi connectivity index (χ0n) is 14.5. The Morgan fingerprint density at radius 3 is 1.73 bits per heavy atom. The lowest BCUT2D eigenvalue weighted by Crippen LogP contribution is -1.94. The number of aryl methyl sites for hydroxylation is 1. The molecule has 0 bridgehead atoms. The summed E-state index contributed by atoms with van der Waals surface area (Å²) >= 11 is 3.05. The molecular weight excluding hydrogens is 363 g/mol. The van der Waals surface area contributed by atoms with Crippen molar-refractivity contribution < 1.29 is 4.39 Å². The standard InChI is InChI=1S/C21H21FN2S2/c1-2-5-16-8-12-18(13-9-16)25-23-20-6-3-4-7-21(20)24-26-19-14-10-17(22)11-15-19/h3-4,6-15,23-24H,2,5H2,1H3. The fraction of sp³-hybridized carbons (Fsp3) is 0.143. The van der Waals surface area contributed by atoms with Gasteiger partial charge in [0.25, 0.3) is 0 Å². The van der Waals surface area contributed by atoms with Gasteiger partial charge in [-0.1, -0.05) is 37.6 Å². The maximum Gasteiger partial charge on any atom is 0.123 e. The lowest BCUT2D eigenvalue weighted by molar-refractivity contribution is 0.626. The molecule has 0 aliphatic heterocycles. The molecule has 0 aliphatic rings. The molecule has 0 amide bonds. The number of anilines is 2. The summed E-state index contributed by atoms with van der Waals surface area (Å²) in [6.07, 6.45) is 2.28. The largest absolute Gasteiger partial charge is 0.324 e. The Kier molecular flexibility index (Phi) is 6.86. The number of rotatable bonds is 8. The molecule has 0 radical (unpaired) electrons. The molecule has 0 fully saturated rings. The molecule has 2 N–H and O–H groups in total. The van der Waals surface area contributed by atoms with Crippen LogP contribution < -0.4 is 9.44 Å². The van der Waals surface area contributed by atoms with E-state index in [9.17, 15) is 4.39 Å². The van der Waals surface area contributed by atoms with Crippen molar-refractivity contribution >= 4 is 35.3 Å². The second-order valence-corrected chi connectivity index (χ2v) is 7.56. The number of para-hydroxylation sites is 2. The molecule has 0 aliphatic carbocycles. The van der Waals surface area contributed by atoms with Crippen molar-refractivity contribution in [1.82, 2.24) is 0 Å². The van der Waals surface area contributed by atoms with Gasteiger partial charge in [0.15, 0.2) is 0 Å². The summed E-state index contributed by atoms with van der Waals surface area (Å²) in [4.78, 5) is 2.13. The molecule has 26 heavy (non-hydrogen) atoms. The van der Waals surface area contributed by atoms with Gasteiger partial charge in [0.2, 0.25) is 0 Å². The predicted octanol–water partition coefficient (Wildman–Crippen LogP) is 7.02. The van der Waals surface area contributed by atoms with Gasteiger partial charge in [-0.15, -0.1) is 0 Å². The van der Waals surface area contributed by atoms with E-state index in [0.29, 0.717) is 0 Å². The fourth-order valence-electron chi connectivity index (χ4n) is 2.40. The van der Waals surface area contributed by atoms with Crippen molar-refractivity contribution in [3.05, 3.63) is 84.2 Å². The lowest BCUT2D eigenvalue weighted by atomic mass is 10.1. The normalized spacial score (nSPS) is 10.5. The molecule has 0 atom stereocenters. The quantitative estimate of drug-likeness (QED) is 0.408. The summed E-state index contributed by atoms with van der Waals surface area (Å²) in [5, 5.41) is 0. The molecule has 3 aromatic rings. The Morgan fingerprint density at radius 1 is 0.731 bits per heavy atom. The molecule has 3 rings (SSSR count). The van der Waals surface area contributed by atoms with E-state index in [-0.39, 0.29) is 5.82 Å². The number of hydrogen-bond acceptors (Lipinski definition) is 4. The van der Waals surface area contributed by atoms with Crippen LogP contribution in [0, 0.1) is 5.82 Å². The van der Waals surface area contributed by atoms with E-state index in [4.69, 9.17) is 0 Å². The van der Waals surface area contributed by atoms with Gasteiger partial charge in [-0.05, 0) is 84.4 Å². The Morgan fingerprint density at radius 2 is 1.23 bits per heavy atom. The number of hydrogen-bond donors (Lipinski definition) is 2. The number of benzene rings is 3. The van der Waals surface area contributed by atoms with Crippen LogP contribution >= 0.6 is 23.9 Å². The minimum absolute atomic E-state index is 0.224. The van der Waals surface area contributed by atoms with Crippen LogP contribution in [0.25, 0.3) is 0 Å². The van der Waals surface area contributed by atoms with E-state index in [1.54, 1.807) is 24.1 Å². The van der Waals surface area contributed by atoms with Crippen LogP contribution in [-0.4, -0.2) is 0 Å². The monoisotopic (exact) mass is 384 g/mol. The van der Waals surface area contributed by atoms with E-state index in [1.807, 2.05) is 24.3 Å². The van der Waals surface area contributed by atoms with Gasteiger partial charge in [0.05, 0.1) is 11.4 Å². The van der Waals surface area contributed by atoms with Crippen LogP contribution in [0.3, 0.4) is 0 Å². The first-order chi connectivity index (χ1) is 12.7. The second-order valence-electron chi connectivity index (χ2n) is 5.80. The average Bonchev–Trinajstić information content (AvgIpc) is 2.68. The van der Waals surface area contributed by atoms with Crippen LogP contribution in [0.15, 0.2) is 82.6 Å². The Hall–Kier alpha value is -2.11. The van der Waals surface area contributed by atoms with Gasteiger partial charge >= 0.3 is 0 Å². The van der Waals surface area contributed by atoms with Crippen LogP contribution in [-0.2, 0) is 6.42 Å². The van der Waals surface area contributed by atoms with E-state index in [1.165, 1.54) is 34.5 Å². The molecular formula is C21H21FN2S2. The smallest absolute Gasteiger partial charge is 0.123 e. The molecule has 0 saturated carbocycles. The van der Waals surface area contributed by atoms with Crippen molar-refractivity contribution in [3.63, 3.8) is 0 Å². The SMILES string of the molecule is CCCc1ccc(SNc2ccccc2NSc2ccc(F)cc2)cc1. The van der Waals surface area contributed by atoms with Gasteiger partial charge in [0.1, 0.15) is 5.82 Å². The molecule has 134 valence electrons. The van der Waals surface area contributed by atoms with Gasteiger partial charge in [-0.3, -0.25) is 0 Å². The molecule has 2 nitrogen and oxygen atoms in total. The highest BCUT2D eigenvalue weighted by Gasteiger charge is 2.03. The minimum Gasteiger partial charge on any atom is -0.324 e. The minimum atomic E-state index is -0.224. The molecule has 0 unspecified atom stereocenters. The third kappa shape index (κ3) is 5.44. The molecule has 3 aromatic carbocycles. The molecule has 0 aromatic heterocycles. The first-order valence-corrected chi connectivity index (χ1v) is 10.2. The zero-order valence-corrected chi connectivity index (χ0v) is 16.2. The molecule has 0 saturated heterocycles. The molecule has 5 heteroatoms. The highest BCUT2D eigenvalue weighted by molar-refractivity contribution is 8.01. The van der Waals surface area contributed by atoms with E-state index in [2.05, 4.69) is 40.6 Å². The van der Waals surface area contributed by atoms with Crippen molar-refractivity contribution in [3.8, 4) is 0 Å². The zero-order chi connectivity index (χ0) is 18.2. The first-order valence-electron chi connectivity index (χ1n) is 8.54. The average molecular weight is 385 g/mol. The lowest BCUT2D eigenvalue weighted by Gasteiger charge is -2.13. The molecule has 0 heterocycles. The summed E-state index contributed by atoms with van der Waals surface area (Å²) in [5.74, 6) is -0.224. The van der Waals surface area contributed by atoms with Crippen LogP contribution in [0.2, 0.25) is 0 Å². The van der Waals surface area contributed by atoms with Crippen molar-refractivity contribution in [2.75, 3.05) is 9.44 Å². The number of nitrogens with one attached hydrogen (secondary N) is 2. The Labute approximate surface area is 162 Å². The van der Waals surface area contributed by atoms with Crippen LogP contribution in [0.5, 0.6) is 0 Å².